The molecule has 6 nitrogen and oxygen atoms in total. The number of anilines is 1. The fourth-order valence-electron chi connectivity index (χ4n) is 1.49. The molecule has 0 aliphatic carbocycles. The van der Waals surface area contributed by atoms with E-state index in [1.54, 1.807) is 6.07 Å². The monoisotopic (exact) mass is 258 g/mol. The standard InChI is InChI=1S/C10H18N4O2S/c1-2-6-14(7-5-11)10-4-3-9(8-13-10)17(12,15)16/h3-4,8H,2,5-7,11H2,1H3,(H2,12,15,16). The van der Waals surface area contributed by atoms with Crippen molar-refractivity contribution in [3.63, 3.8) is 0 Å². The van der Waals surface area contributed by atoms with Gasteiger partial charge in [0.15, 0.2) is 0 Å². The molecule has 4 N–H and O–H groups in total. The molecule has 0 spiro atoms. The van der Waals surface area contributed by atoms with E-state index in [-0.39, 0.29) is 4.90 Å². The van der Waals surface area contributed by atoms with E-state index in [1.807, 2.05) is 4.90 Å². The molecule has 0 bridgehead atoms. The van der Waals surface area contributed by atoms with Gasteiger partial charge in [0.1, 0.15) is 10.7 Å². The Bertz CT molecular complexity index is 438. The van der Waals surface area contributed by atoms with Gasteiger partial charge in [-0.3, -0.25) is 0 Å². The van der Waals surface area contributed by atoms with Gasteiger partial charge in [-0.15, -0.1) is 0 Å². The molecule has 1 rings (SSSR count). The Morgan fingerprint density at radius 3 is 2.47 bits per heavy atom. The van der Waals surface area contributed by atoms with E-state index in [2.05, 4.69) is 11.9 Å². The first-order valence-electron chi connectivity index (χ1n) is 5.43. The maximum atomic E-state index is 11.1. The van der Waals surface area contributed by atoms with Gasteiger partial charge in [-0.2, -0.15) is 0 Å². The summed E-state index contributed by atoms with van der Waals surface area (Å²) in [7, 11) is -3.68. The molecule has 0 aliphatic rings. The van der Waals surface area contributed by atoms with Crippen LogP contribution >= 0.6 is 0 Å². The minimum atomic E-state index is -3.68. The average molecular weight is 258 g/mol. The number of sulfonamides is 1. The van der Waals surface area contributed by atoms with E-state index in [9.17, 15) is 8.42 Å². The lowest BCUT2D eigenvalue weighted by Crippen LogP contribution is -2.30. The van der Waals surface area contributed by atoms with E-state index in [0.717, 1.165) is 13.0 Å². The molecule has 1 heterocycles. The van der Waals surface area contributed by atoms with Crippen molar-refractivity contribution in [2.45, 2.75) is 18.2 Å². The van der Waals surface area contributed by atoms with Crippen molar-refractivity contribution in [1.29, 1.82) is 0 Å². The number of rotatable bonds is 6. The number of hydrogen-bond acceptors (Lipinski definition) is 5. The van der Waals surface area contributed by atoms with Crippen LogP contribution in [0.4, 0.5) is 5.82 Å². The molecule has 17 heavy (non-hydrogen) atoms. The SMILES string of the molecule is CCCN(CCN)c1ccc(S(N)(=O)=O)cn1. The average Bonchev–Trinajstić information content (AvgIpc) is 2.28. The van der Waals surface area contributed by atoms with E-state index >= 15 is 0 Å². The maximum absolute atomic E-state index is 11.1. The van der Waals surface area contributed by atoms with Crippen LogP contribution in [0, 0.1) is 0 Å². The summed E-state index contributed by atoms with van der Waals surface area (Å²) in [4.78, 5) is 6.12. The first kappa shape index (κ1) is 13.9. The number of nitrogens with two attached hydrogens (primary N) is 2. The molecule has 1 aromatic heterocycles. The van der Waals surface area contributed by atoms with Crippen molar-refractivity contribution >= 4 is 15.8 Å². The topological polar surface area (TPSA) is 102 Å². The van der Waals surface area contributed by atoms with Crippen LogP contribution in [0.2, 0.25) is 0 Å². The molecule has 96 valence electrons. The molecule has 0 atom stereocenters. The predicted molar refractivity (Wildman–Crippen MR) is 67.2 cm³/mol. The number of primary sulfonamides is 1. The largest absolute Gasteiger partial charge is 0.355 e. The Hall–Kier alpha value is -1.18. The van der Waals surface area contributed by atoms with Crippen molar-refractivity contribution < 1.29 is 8.42 Å². The lowest BCUT2D eigenvalue weighted by molar-refractivity contribution is 0.597. The molecule has 0 fully saturated rings. The normalized spacial score (nSPS) is 11.5. The fraction of sp³-hybridized carbons (Fsp3) is 0.500. The predicted octanol–water partition coefficient (Wildman–Crippen LogP) is -0.0959. The van der Waals surface area contributed by atoms with Crippen LogP contribution < -0.4 is 15.8 Å². The van der Waals surface area contributed by atoms with Gasteiger partial charge in [-0.25, -0.2) is 18.5 Å². The Morgan fingerprint density at radius 1 is 1.35 bits per heavy atom. The molecule has 0 aromatic carbocycles. The zero-order chi connectivity index (χ0) is 12.9. The van der Waals surface area contributed by atoms with Crippen LogP contribution in [0.3, 0.4) is 0 Å². The van der Waals surface area contributed by atoms with E-state index in [4.69, 9.17) is 10.9 Å². The number of pyridine rings is 1. The van der Waals surface area contributed by atoms with Gasteiger partial charge in [0.2, 0.25) is 10.0 Å². The molecular formula is C10H18N4O2S. The third kappa shape index (κ3) is 3.95. The lowest BCUT2D eigenvalue weighted by atomic mass is 10.3. The quantitative estimate of drug-likeness (QED) is 0.742. The maximum Gasteiger partial charge on any atom is 0.239 e. The van der Waals surface area contributed by atoms with Crippen LogP contribution in [0.25, 0.3) is 0 Å². The van der Waals surface area contributed by atoms with Gasteiger partial charge in [-0.1, -0.05) is 6.92 Å². The Labute approximate surface area is 102 Å². The second kappa shape index (κ2) is 5.95. The first-order chi connectivity index (χ1) is 7.99. The van der Waals surface area contributed by atoms with Gasteiger partial charge in [0.25, 0.3) is 0 Å². The molecule has 0 unspecified atom stereocenters. The van der Waals surface area contributed by atoms with E-state index < -0.39 is 10.0 Å². The zero-order valence-corrected chi connectivity index (χ0v) is 10.7. The summed E-state index contributed by atoms with van der Waals surface area (Å²) in [6, 6.07) is 3.10. The molecule has 1 aromatic rings. The van der Waals surface area contributed by atoms with Crippen molar-refractivity contribution in [3.8, 4) is 0 Å². The highest BCUT2D eigenvalue weighted by Gasteiger charge is 2.10. The summed E-state index contributed by atoms with van der Waals surface area (Å²) in [6.07, 6.45) is 2.24. The Balaban J connectivity index is 2.91. The van der Waals surface area contributed by atoms with Crippen LogP contribution in [0.15, 0.2) is 23.2 Å². The van der Waals surface area contributed by atoms with Crippen molar-refractivity contribution in [1.82, 2.24) is 4.98 Å². The van der Waals surface area contributed by atoms with Gasteiger partial charge in [-0.05, 0) is 18.6 Å². The smallest absolute Gasteiger partial charge is 0.239 e. The number of aromatic nitrogens is 1. The Morgan fingerprint density at radius 2 is 2.06 bits per heavy atom. The highest BCUT2D eigenvalue weighted by atomic mass is 32.2. The van der Waals surface area contributed by atoms with Crippen LogP contribution in [0.1, 0.15) is 13.3 Å². The van der Waals surface area contributed by atoms with Gasteiger partial charge in [0.05, 0.1) is 0 Å². The van der Waals surface area contributed by atoms with Gasteiger partial charge >= 0.3 is 0 Å². The number of hydrogen-bond donors (Lipinski definition) is 2. The summed E-state index contributed by atoms with van der Waals surface area (Å²) in [5.41, 5.74) is 5.51. The highest BCUT2D eigenvalue weighted by Crippen LogP contribution is 2.13. The van der Waals surface area contributed by atoms with Crippen LogP contribution in [-0.2, 0) is 10.0 Å². The third-order valence-corrected chi connectivity index (χ3v) is 3.16. The molecule has 0 aliphatic heterocycles. The Kier molecular flexibility index (Phi) is 4.86. The zero-order valence-electron chi connectivity index (χ0n) is 9.83. The minimum Gasteiger partial charge on any atom is -0.355 e. The molecule has 0 amide bonds. The fourth-order valence-corrected chi connectivity index (χ4v) is 1.95. The van der Waals surface area contributed by atoms with Gasteiger partial charge < -0.3 is 10.6 Å². The third-order valence-electron chi connectivity index (χ3n) is 2.27. The summed E-state index contributed by atoms with van der Waals surface area (Å²) in [5, 5.41) is 5.00. The van der Waals surface area contributed by atoms with Crippen LogP contribution in [-0.4, -0.2) is 33.0 Å². The molecule has 0 saturated heterocycles. The summed E-state index contributed by atoms with van der Waals surface area (Å²) in [5.74, 6) is 0.713. The molecule has 0 radical (unpaired) electrons. The lowest BCUT2D eigenvalue weighted by Gasteiger charge is -2.22. The van der Waals surface area contributed by atoms with Crippen molar-refractivity contribution in [2.75, 3.05) is 24.5 Å². The molecule has 7 heteroatoms. The molecule has 0 saturated carbocycles. The summed E-state index contributed by atoms with van der Waals surface area (Å²) >= 11 is 0. The summed E-state index contributed by atoms with van der Waals surface area (Å²) < 4.78 is 22.1. The van der Waals surface area contributed by atoms with E-state index in [0.29, 0.717) is 18.9 Å². The minimum absolute atomic E-state index is 0.0189. The highest BCUT2D eigenvalue weighted by molar-refractivity contribution is 7.89. The van der Waals surface area contributed by atoms with Crippen molar-refractivity contribution in [2.24, 2.45) is 10.9 Å². The second-order valence-corrected chi connectivity index (χ2v) is 5.23. The first-order valence-corrected chi connectivity index (χ1v) is 6.97. The number of nitrogens with zero attached hydrogens (tertiary/aromatic N) is 2. The van der Waals surface area contributed by atoms with Gasteiger partial charge in [0, 0.05) is 25.8 Å². The van der Waals surface area contributed by atoms with Crippen LogP contribution in [0.5, 0.6) is 0 Å². The summed E-state index contributed by atoms with van der Waals surface area (Å²) in [6.45, 7) is 4.11. The molecular weight excluding hydrogens is 240 g/mol. The van der Waals surface area contributed by atoms with E-state index in [1.165, 1.54) is 12.3 Å². The van der Waals surface area contributed by atoms with Crippen molar-refractivity contribution in [3.05, 3.63) is 18.3 Å². The second-order valence-electron chi connectivity index (χ2n) is 3.67.